The van der Waals surface area contributed by atoms with Crippen molar-refractivity contribution in [3.63, 3.8) is 0 Å². The minimum Gasteiger partial charge on any atom is -0.354 e. The number of fused-ring (bicyclic) bond motifs is 1. The molecule has 0 saturated carbocycles. The van der Waals surface area contributed by atoms with Crippen molar-refractivity contribution in [3.05, 3.63) is 82.9 Å². The summed E-state index contributed by atoms with van der Waals surface area (Å²) in [5, 5.41) is 4.13. The molecule has 0 aliphatic heterocycles. The SMILES string of the molecule is Cc1cccc(-c2[nH]c3ccc(CNC(=O)c4cncnc4C)cc3c2C)c1. The maximum Gasteiger partial charge on any atom is 0.254 e. The molecule has 0 aliphatic rings. The summed E-state index contributed by atoms with van der Waals surface area (Å²) in [6.07, 6.45) is 2.99. The number of H-pyrrole nitrogens is 1. The first-order chi connectivity index (χ1) is 13.5. The minimum absolute atomic E-state index is 0.163. The topological polar surface area (TPSA) is 70.7 Å². The summed E-state index contributed by atoms with van der Waals surface area (Å²) in [5.41, 5.74) is 8.08. The summed E-state index contributed by atoms with van der Waals surface area (Å²) in [7, 11) is 0. The van der Waals surface area contributed by atoms with Crippen LogP contribution < -0.4 is 5.32 Å². The van der Waals surface area contributed by atoms with Crippen LogP contribution in [0.3, 0.4) is 0 Å². The molecular formula is C23H22N4O. The first kappa shape index (κ1) is 17.9. The summed E-state index contributed by atoms with van der Waals surface area (Å²) in [6, 6.07) is 14.7. The number of aryl methyl sites for hydroxylation is 3. The third kappa shape index (κ3) is 3.39. The number of carbonyl (C=O) groups is 1. The molecule has 140 valence electrons. The van der Waals surface area contributed by atoms with Gasteiger partial charge < -0.3 is 10.3 Å². The van der Waals surface area contributed by atoms with E-state index in [0.29, 0.717) is 17.8 Å². The van der Waals surface area contributed by atoms with E-state index in [2.05, 4.69) is 70.5 Å². The average Bonchev–Trinajstić information content (AvgIpc) is 3.03. The molecule has 0 aliphatic carbocycles. The Balaban J connectivity index is 1.59. The fourth-order valence-corrected chi connectivity index (χ4v) is 3.46. The predicted molar refractivity (Wildman–Crippen MR) is 111 cm³/mol. The molecule has 2 N–H and O–H groups in total. The van der Waals surface area contributed by atoms with Gasteiger partial charge in [0.05, 0.1) is 11.3 Å². The Labute approximate surface area is 163 Å². The number of nitrogens with zero attached hydrogens (tertiary/aromatic N) is 2. The van der Waals surface area contributed by atoms with Gasteiger partial charge in [0.2, 0.25) is 0 Å². The molecule has 0 unspecified atom stereocenters. The van der Waals surface area contributed by atoms with E-state index in [1.165, 1.54) is 28.4 Å². The number of hydrogen-bond acceptors (Lipinski definition) is 3. The fraction of sp³-hybridized carbons (Fsp3) is 0.174. The van der Waals surface area contributed by atoms with Crippen LogP contribution in [-0.2, 0) is 6.54 Å². The summed E-state index contributed by atoms with van der Waals surface area (Å²) in [6.45, 7) is 6.48. The van der Waals surface area contributed by atoms with E-state index in [-0.39, 0.29) is 5.91 Å². The van der Waals surface area contributed by atoms with E-state index in [1.807, 2.05) is 6.07 Å². The average molecular weight is 370 g/mol. The third-order valence-electron chi connectivity index (χ3n) is 5.04. The van der Waals surface area contributed by atoms with Crippen LogP contribution in [0.1, 0.15) is 32.7 Å². The number of aromatic nitrogens is 3. The van der Waals surface area contributed by atoms with Crippen LogP contribution in [0.5, 0.6) is 0 Å². The van der Waals surface area contributed by atoms with Gasteiger partial charge in [0, 0.05) is 29.3 Å². The Kier molecular flexibility index (Phi) is 4.65. The normalized spacial score (nSPS) is 11.0. The third-order valence-corrected chi connectivity index (χ3v) is 5.04. The summed E-state index contributed by atoms with van der Waals surface area (Å²) < 4.78 is 0. The van der Waals surface area contributed by atoms with Crippen molar-refractivity contribution in [3.8, 4) is 11.3 Å². The lowest BCUT2D eigenvalue weighted by Gasteiger charge is -2.07. The summed E-state index contributed by atoms with van der Waals surface area (Å²) in [5.74, 6) is -0.163. The maximum atomic E-state index is 12.4. The Morgan fingerprint density at radius 3 is 2.75 bits per heavy atom. The summed E-state index contributed by atoms with van der Waals surface area (Å²) >= 11 is 0. The molecule has 28 heavy (non-hydrogen) atoms. The number of amides is 1. The molecule has 0 atom stereocenters. The highest BCUT2D eigenvalue weighted by atomic mass is 16.1. The van der Waals surface area contributed by atoms with Crippen LogP contribution in [0.4, 0.5) is 0 Å². The second-order valence-electron chi connectivity index (χ2n) is 7.08. The van der Waals surface area contributed by atoms with Crippen molar-refractivity contribution in [1.29, 1.82) is 0 Å². The first-order valence-corrected chi connectivity index (χ1v) is 9.26. The Morgan fingerprint density at radius 2 is 1.96 bits per heavy atom. The van der Waals surface area contributed by atoms with E-state index in [9.17, 15) is 4.79 Å². The standard InChI is InChI=1S/C23H22N4O/c1-14-5-4-6-18(9-14)22-15(2)19-10-17(7-8-21(19)27-22)11-25-23(28)20-12-24-13-26-16(20)3/h4-10,12-13,27H,11H2,1-3H3,(H,25,28). The number of benzene rings is 2. The van der Waals surface area contributed by atoms with E-state index < -0.39 is 0 Å². The van der Waals surface area contributed by atoms with Crippen LogP contribution in [0, 0.1) is 20.8 Å². The van der Waals surface area contributed by atoms with Gasteiger partial charge in [-0.15, -0.1) is 0 Å². The minimum atomic E-state index is -0.163. The van der Waals surface area contributed by atoms with E-state index in [1.54, 1.807) is 13.1 Å². The molecule has 0 bridgehead atoms. The largest absolute Gasteiger partial charge is 0.354 e. The molecule has 0 saturated heterocycles. The lowest BCUT2D eigenvalue weighted by Crippen LogP contribution is -2.24. The Morgan fingerprint density at radius 1 is 1.11 bits per heavy atom. The molecule has 2 aromatic heterocycles. The highest BCUT2D eigenvalue weighted by Gasteiger charge is 2.12. The van der Waals surface area contributed by atoms with Gasteiger partial charge in [0.25, 0.3) is 5.91 Å². The Bertz CT molecular complexity index is 1180. The molecule has 2 heterocycles. The zero-order chi connectivity index (χ0) is 19.7. The fourth-order valence-electron chi connectivity index (χ4n) is 3.46. The monoisotopic (exact) mass is 370 g/mol. The van der Waals surface area contributed by atoms with Crippen LogP contribution in [0.25, 0.3) is 22.2 Å². The van der Waals surface area contributed by atoms with Crippen molar-refractivity contribution < 1.29 is 4.79 Å². The molecule has 2 aromatic carbocycles. The van der Waals surface area contributed by atoms with Crippen LogP contribution >= 0.6 is 0 Å². The molecule has 0 spiro atoms. The number of carbonyl (C=O) groups excluding carboxylic acids is 1. The summed E-state index contributed by atoms with van der Waals surface area (Å²) in [4.78, 5) is 23.9. The van der Waals surface area contributed by atoms with Gasteiger partial charge in [0.15, 0.2) is 0 Å². The molecule has 0 fully saturated rings. The van der Waals surface area contributed by atoms with Gasteiger partial charge in [-0.25, -0.2) is 9.97 Å². The quantitative estimate of drug-likeness (QED) is 0.556. The molecule has 5 nitrogen and oxygen atoms in total. The molecule has 0 radical (unpaired) electrons. The van der Waals surface area contributed by atoms with Crippen molar-refractivity contribution in [1.82, 2.24) is 20.3 Å². The van der Waals surface area contributed by atoms with Crippen LogP contribution in [0.15, 0.2) is 55.0 Å². The van der Waals surface area contributed by atoms with Gasteiger partial charge in [-0.1, -0.05) is 29.8 Å². The van der Waals surface area contributed by atoms with Crippen molar-refractivity contribution in [2.75, 3.05) is 0 Å². The Hall–Kier alpha value is -3.47. The lowest BCUT2D eigenvalue weighted by atomic mass is 10.0. The van der Waals surface area contributed by atoms with Gasteiger partial charge in [-0.2, -0.15) is 0 Å². The number of hydrogen-bond donors (Lipinski definition) is 2. The van der Waals surface area contributed by atoms with Gasteiger partial charge in [0.1, 0.15) is 6.33 Å². The van der Waals surface area contributed by atoms with E-state index in [0.717, 1.165) is 16.8 Å². The first-order valence-electron chi connectivity index (χ1n) is 9.26. The van der Waals surface area contributed by atoms with Gasteiger partial charge >= 0.3 is 0 Å². The highest BCUT2D eigenvalue weighted by molar-refractivity contribution is 5.95. The molecular weight excluding hydrogens is 348 g/mol. The van der Waals surface area contributed by atoms with Crippen molar-refractivity contribution in [2.24, 2.45) is 0 Å². The van der Waals surface area contributed by atoms with Crippen LogP contribution in [-0.4, -0.2) is 20.9 Å². The zero-order valence-electron chi connectivity index (χ0n) is 16.2. The smallest absolute Gasteiger partial charge is 0.254 e. The van der Waals surface area contributed by atoms with Gasteiger partial charge in [-0.05, 0) is 55.7 Å². The predicted octanol–water partition coefficient (Wildman–Crippen LogP) is 4.48. The molecule has 5 heteroatoms. The second-order valence-corrected chi connectivity index (χ2v) is 7.08. The second kappa shape index (κ2) is 7.27. The molecule has 1 amide bonds. The maximum absolute atomic E-state index is 12.4. The van der Waals surface area contributed by atoms with Crippen molar-refractivity contribution >= 4 is 16.8 Å². The zero-order valence-corrected chi connectivity index (χ0v) is 16.2. The number of rotatable bonds is 4. The van der Waals surface area contributed by atoms with E-state index in [4.69, 9.17) is 0 Å². The van der Waals surface area contributed by atoms with Gasteiger partial charge in [-0.3, -0.25) is 4.79 Å². The molecule has 4 aromatic rings. The van der Waals surface area contributed by atoms with E-state index >= 15 is 0 Å². The number of nitrogens with one attached hydrogen (secondary N) is 2. The number of aromatic amines is 1. The van der Waals surface area contributed by atoms with Crippen molar-refractivity contribution in [2.45, 2.75) is 27.3 Å². The highest BCUT2D eigenvalue weighted by Crippen LogP contribution is 2.30. The molecule has 4 rings (SSSR count). The lowest BCUT2D eigenvalue weighted by molar-refractivity contribution is 0.0949. The van der Waals surface area contributed by atoms with Crippen LogP contribution in [0.2, 0.25) is 0 Å².